The number of nitrogens with one attached hydrogen (secondary N) is 1. The second kappa shape index (κ2) is 4.78. The minimum absolute atomic E-state index is 0.146. The lowest BCUT2D eigenvalue weighted by Gasteiger charge is -2.15. The molecule has 0 spiro atoms. The summed E-state index contributed by atoms with van der Waals surface area (Å²) in [5.74, 6) is 0. The summed E-state index contributed by atoms with van der Waals surface area (Å²) in [6, 6.07) is 0. The Labute approximate surface area is 133 Å². The van der Waals surface area contributed by atoms with E-state index in [1.165, 1.54) is 36.1 Å². The van der Waals surface area contributed by atoms with Crippen LogP contribution in [0.25, 0.3) is 10.2 Å². The van der Waals surface area contributed by atoms with Crippen LogP contribution in [-0.2, 0) is 19.4 Å². The van der Waals surface area contributed by atoms with Crippen LogP contribution in [0.3, 0.4) is 0 Å². The van der Waals surface area contributed by atoms with Crippen LogP contribution in [0.1, 0.15) is 49.5 Å². The number of thiophene rings is 1. The Morgan fingerprint density at radius 1 is 1.33 bits per heavy atom. The van der Waals surface area contributed by atoms with Crippen molar-refractivity contribution in [3.8, 4) is 0 Å². The molecule has 0 radical (unpaired) electrons. The van der Waals surface area contributed by atoms with E-state index in [9.17, 15) is 4.79 Å². The lowest BCUT2D eigenvalue weighted by atomic mass is 9.97. The zero-order valence-corrected chi connectivity index (χ0v) is 14.0. The van der Waals surface area contributed by atoms with E-state index in [4.69, 9.17) is 12.2 Å². The van der Waals surface area contributed by atoms with Crippen molar-refractivity contribution in [1.82, 2.24) is 9.55 Å². The first-order valence-electron chi connectivity index (χ1n) is 7.91. The number of fused-ring (bicyclic) bond motifs is 3. The fourth-order valence-electron chi connectivity index (χ4n) is 3.55. The highest BCUT2D eigenvalue weighted by Gasteiger charge is 2.41. The summed E-state index contributed by atoms with van der Waals surface area (Å²) in [5, 5.41) is 0.926. The van der Waals surface area contributed by atoms with Crippen LogP contribution in [0, 0.1) is 10.2 Å². The number of nitrogens with zero attached hydrogens (tertiary/aromatic N) is 1. The van der Waals surface area contributed by atoms with Crippen molar-refractivity contribution in [2.45, 2.75) is 58.4 Å². The first kappa shape index (κ1) is 13.7. The fraction of sp³-hybridized carbons (Fsp3) is 0.625. The highest BCUT2D eigenvalue weighted by Crippen LogP contribution is 2.49. The van der Waals surface area contributed by atoms with E-state index in [1.54, 1.807) is 11.3 Å². The van der Waals surface area contributed by atoms with E-state index in [2.05, 4.69) is 11.9 Å². The minimum atomic E-state index is 0.146. The van der Waals surface area contributed by atoms with Gasteiger partial charge in [0.15, 0.2) is 4.77 Å². The maximum Gasteiger partial charge on any atom is 0.263 e. The van der Waals surface area contributed by atoms with Gasteiger partial charge in [-0.25, -0.2) is 0 Å². The van der Waals surface area contributed by atoms with Crippen LogP contribution >= 0.6 is 23.6 Å². The Morgan fingerprint density at radius 2 is 2.10 bits per heavy atom. The highest BCUT2D eigenvalue weighted by molar-refractivity contribution is 7.71. The van der Waals surface area contributed by atoms with Crippen molar-refractivity contribution in [1.29, 1.82) is 0 Å². The summed E-state index contributed by atoms with van der Waals surface area (Å²) in [6.07, 6.45) is 8.20. The van der Waals surface area contributed by atoms with Crippen molar-refractivity contribution in [2.24, 2.45) is 5.41 Å². The summed E-state index contributed by atoms with van der Waals surface area (Å²) in [6.45, 7) is 3.01. The zero-order valence-electron chi connectivity index (χ0n) is 12.3. The Hall–Kier alpha value is -0.940. The van der Waals surface area contributed by atoms with Gasteiger partial charge in [0.05, 0.1) is 5.39 Å². The molecule has 1 saturated carbocycles. The Kier molecular flexibility index (Phi) is 3.12. The number of rotatable bonds is 3. The molecule has 21 heavy (non-hydrogen) atoms. The number of aromatic nitrogens is 2. The average molecular weight is 320 g/mol. The molecule has 2 heterocycles. The van der Waals surface area contributed by atoms with Gasteiger partial charge in [0.25, 0.3) is 5.56 Å². The second-order valence-electron chi connectivity index (χ2n) is 6.59. The first-order chi connectivity index (χ1) is 10.1. The molecular weight excluding hydrogens is 300 g/mol. The van der Waals surface area contributed by atoms with Gasteiger partial charge in [-0.1, -0.05) is 6.92 Å². The summed E-state index contributed by atoms with van der Waals surface area (Å²) in [4.78, 5) is 18.7. The summed E-state index contributed by atoms with van der Waals surface area (Å²) >= 11 is 7.21. The van der Waals surface area contributed by atoms with Gasteiger partial charge in [-0.15, -0.1) is 11.3 Å². The van der Waals surface area contributed by atoms with Crippen LogP contribution in [0.15, 0.2) is 4.79 Å². The molecule has 2 aliphatic rings. The number of hydrogen-bond donors (Lipinski definition) is 1. The van der Waals surface area contributed by atoms with Crippen LogP contribution in [0.2, 0.25) is 0 Å². The first-order valence-corrected chi connectivity index (χ1v) is 9.13. The standard InChI is InChI=1S/C16H20N2OS2/c1-2-16(7-8-16)9-18-14(19)12-10-5-3-4-6-11(10)21-13(12)17-15(18)20/h2-9H2,1H3,(H,17,20). The largest absolute Gasteiger partial charge is 0.323 e. The molecule has 1 fully saturated rings. The van der Waals surface area contributed by atoms with Gasteiger partial charge >= 0.3 is 0 Å². The molecule has 2 aliphatic carbocycles. The Bertz CT molecular complexity index is 823. The Morgan fingerprint density at radius 3 is 2.81 bits per heavy atom. The average Bonchev–Trinajstić information content (AvgIpc) is 3.16. The molecule has 2 aromatic rings. The maximum absolute atomic E-state index is 13.0. The predicted octanol–water partition coefficient (Wildman–Crippen LogP) is 4.19. The third-order valence-corrected chi connectivity index (χ3v) is 6.83. The van der Waals surface area contributed by atoms with E-state index >= 15 is 0 Å². The molecule has 112 valence electrons. The van der Waals surface area contributed by atoms with Crippen molar-refractivity contribution >= 4 is 33.8 Å². The van der Waals surface area contributed by atoms with Gasteiger partial charge in [-0.05, 0) is 68.1 Å². The SMILES string of the molecule is CCC1(Cn2c(=S)[nH]c3sc4c(c3c2=O)CCCC4)CC1. The molecule has 0 atom stereocenters. The molecule has 0 bridgehead atoms. The number of hydrogen-bond acceptors (Lipinski definition) is 3. The molecule has 5 heteroatoms. The van der Waals surface area contributed by atoms with E-state index < -0.39 is 0 Å². The molecule has 0 unspecified atom stereocenters. The molecule has 1 N–H and O–H groups in total. The highest BCUT2D eigenvalue weighted by atomic mass is 32.1. The lowest BCUT2D eigenvalue weighted by molar-refractivity contribution is 0.398. The van der Waals surface area contributed by atoms with Crippen LogP contribution in [0.5, 0.6) is 0 Å². The van der Waals surface area contributed by atoms with Crippen LogP contribution in [0.4, 0.5) is 0 Å². The maximum atomic E-state index is 13.0. The fourth-order valence-corrected chi connectivity index (χ4v) is 5.15. The molecule has 2 aromatic heterocycles. The van der Waals surface area contributed by atoms with Gasteiger partial charge < -0.3 is 4.98 Å². The van der Waals surface area contributed by atoms with Crippen LogP contribution < -0.4 is 5.56 Å². The quantitative estimate of drug-likeness (QED) is 0.861. The van der Waals surface area contributed by atoms with Crippen molar-refractivity contribution in [3.05, 3.63) is 25.6 Å². The summed E-state index contributed by atoms with van der Waals surface area (Å²) in [5.41, 5.74) is 1.77. The molecule has 0 saturated heterocycles. The van der Waals surface area contributed by atoms with Gasteiger partial charge in [0, 0.05) is 11.4 Å². The number of H-pyrrole nitrogens is 1. The third kappa shape index (κ3) is 2.13. The lowest BCUT2D eigenvalue weighted by Crippen LogP contribution is -2.26. The molecular formula is C16H20N2OS2. The van der Waals surface area contributed by atoms with E-state index in [0.717, 1.165) is 36.0 Å². The van der Waals surface area contributed by atoms with Gasteiger partial charge in [-0.2, -0.15) is 0 Å². The molecule has 4 rings (SSSR count). The van der Waals surface area contributed by atoms with Gasteiger partial charge in [0.2, 0.25) is 0 Å². The third-order valence-electron chi connectivity index (χ3n) is 5.30. The predicted molar refractivity (Wildman–Crippen MR) is 89.9 cm³/mol. The van der Waals surface area contributed by atoms with Gasteiger partial charge in [-0.3, -0.25) is 9.36 Å². The zero-order chi connectivity index (χ0) is 14.6. The Balaban J connectivity index is 1.92. The molecule has 0 amide bonds. The minimum Gasteiger partial charge on any atom is -0.323 e. The second-order valence-corrected chi connectivity index (χ2v) is 8.08. The van der Waals surface area contributed by atoms with E-state index in [-0.39, 0.29) is 5.56 Å². The normalized spacial score (nSPS) is 19.7. The molecule has 0 aliphatic heterocycles. The van der Waals surface area contributed by atoms with Crippen molar-refractivity contribution in [3.63, 3.8) is 0 Å². The van der Waals surface area contributed by atoms with E-state index in [1.807, 2.05) is 4.57 Å². The topological polar surface area (TPSA) is 37.8 Å². The monoisotopic (exact) mass is 320 g/mol. The van der Waals surface area contributed by atoms with Crippen molar-refractivity contribution < 1.29 is 0 Å². The summed E-state index contributed by atoms with van der Waals surface area (Å²) < 4.78 is 2.43. The number of aryl methyl sites for hydroxylation is 2. The van der Waals surface area contributed by atoms with Crippen LogP contribution in [-0.4, -0.2) is 9.55 Å². The molecule has 3 nitrogen and oxygen atoms in total. The number of aromatic amines is 1. The summed E-state index contributed by atoms with van der Waals surface area (Å²) in [7, 11) is 0. The van der Waals surface area contributed by atoms with Crippen molar-refractivity contribution in [2.75, 3.05) is 0 Å². The van der Waals surface area contributed by atoms with E-state index in [0.29, 0.717) is 10.2 Å². The van der Waals surface area contributed by atoms with Gasteiger partial charge in [0.1, 0.15) is 4.83 Å². The smallest absolute Gasteiger partial charge is 0.263 e. The molecule has 0 aromatic carbocycles.